The van der Waals surface area contributed by atoms with Crippen LogP contribution in [0.15, 0.2) is 66.2 Å². The third kappa shape index (κ3) is 7.00. The molecule has 0 radical (unpaired) electrons. The summed E-state index contributed by atoms with van der Waals surface area (Å²) in [6.07, 6.45) is 1.39. The summed E-state index contributed by atoms with van der Waals surface area (Å²) >= 11 is 12.4. The zero-order valence-electron chi connectivity index (χ0n) is 18.5. The van der Waals surface area contributed by atoms with Crippen molar-refractivity contribution < 1.29 is 24.2 Å². The summed E-state index contributed by atoms with van der Waals surface area (Å²) in [5.41, 5.74) is 1.69. The molecule has 0 aliphatic rings. The van der Waals surface area contributed by atoms with Crippen molar-refractivity contribution in [3.63, 3.8) is 0 Å². The zero-order chi connectivity index (χ0) is 25.4. The maximum atomic E-state index is 12.6. The molecule has 0 aromatic heterocycles. The molecule has 3 aromatic rings. The molecule has 178 valence electrons. The normalized spacial score (nSPS) is 10.9. The van der Waals surface area contributed by atoms with E-state index >= 15 is 0 Å². The smallest absolute Gasteiger partial charge is 0.335 e. The number of amides is 1. The van der Waals surface area contributed by atoms with Crippen LogP contribution in [0.4, 0.5) is 5.69 Å². The maximum absolute atomic E-state index is 12.6. The van der Waals surface area contributed by atoms with Gasteiger partial charge in [0, 0.05) is 10.7 Å². The van der Waals surface area contributed by atoms with Gasteiger partial charge in [0.25, 0.3) is 5.91 Å². The topological polar surface area (TPSA) is 109 Å². The molecule has 0 saturated carbocycles. The molecule has 7 nitrogen and oxygen atoms in total. The summed E-state index contributed by atoms with van der Waals surface area (Å²) in [5, 5.41) is 21.8. The van der Waals surface area contributed by atoms with Crippen LogP contribution in [0.5, 0.6) is 11.5 Å². The van der Waals surface area contributed by atoms with Crippen molar-refractivity contribution in [2.75, 3.05) is 11.9 Å². The van der Waals surface area contributed by atoms with Gasteiger partial charge < -0.3 is 19.9 Å². The maximum Gasteiger partial charge on any atom is 0.335 e. The fourth-order valence-electron chi connectivity index (χ4n) is 3.05. The van der Waals surface area contributed by atoms with Crippen LogP contribution in [-0.2, 0) is 11.4 Å². The Balaban J connectivity index is 1.82. The number of carbonyl (C=O) groups excluding carboxylic acids is 1. The second-order valence-corrected chi connectivity index (χ2v) is 8.03. The Morgan fingerprint density at radius 1 is 1.09 bits per heavy atom. The van der Waals surface area contributed by atoms with Crippen LogP contribution in [0.3, 0.4) is 0 Å². The number of nitriles is 1. The minimum atomic E-state index is -1.01. The van der Waals surface area contributed by atoms with Crippen LogP contribution >= 0.6 is 23.2 Å². The van der Waals surface area contributed by atoms with E-state index in [4.69, 9.17) is 37.8 Å². The molecule has 0 fully saturated rings. The number of carbonyl (C=O) groups is 2. The number of anilines is 1. The Morgan fingerprint density at radius 2 is 1.83 bits per heavy atom. The minimum Gasteiger partial charge on any atom is -0.490 e. The molecule has 3 aromatic carbocycles. The predicted molar refractivity (Wildman–Crippen MR) is 134 cm³/mol. The zero-order valence-corrected chi connectivity index (χ0v) is 20.1. The molecule has 0 atom stereocenters. The number of benzene rings is 3. The van der Waals surface area contributed by atoms with Crippen molar-refractivity contribution in [3.8, 4) is 17.6 Å². The van der Waals surface area contributed by atoms with Crippen molar-refractivity contribution >= 4 is 46.8 Å². The quantitative estimate of drug-likeness (QED) is 0.261. The van der Waals surface area contributed by atoms with Crippen LogP contribution in [0.25, 0.3) is 6.08 Å². The Kier molecular flexibility index (Phi) is 8.74. The van der Waals surface area contributed by atoms with Crippen LogP contribution in [0.1, 0.15) is 28.4 Å². The molecule has 9 heteroatoms. The lowest BCUT2D eigenvalue weighted by atomic mass is 10.1. The van der Waals surface area contributed by atoms with Crippen molar-refractivity contribution in [3.05, 3.63) is 93.0 Å². The Hall–Kier alpha value is -3.99. The molecule has 0 spiro atoms. The highest BCUT2D eigenvalue weighted by atomic mass is 35.5. The average Bonchev–Trinajstić information content (AvgIpc) is 2.82. The first-order valence-corrected chi connectivity index (χ1v) is 11.2. The summed E-state index contributed by atoms with van der Waals surface area (Å²) in [7, 11) is 0. The summed E-state index contributed by atoms with van der Waals surface area (Å²) in [6.45, 7) is 2.25. The minimum absolute atomic E-state index is 0.125. The molecule has 35 heavy (non-hydrogen) atoms. The number of nitrogens with one attached hydrogen (secondary N) is 1. The molecule has 0 saturated heterocycles. The third-order valence-corrected chi connectivity index (χ3v) is 5.19. The van der Waals surface area contributed by atoms with Crippen molar-refractivity contribution in [1.82, 2.24) is 0 Å². The van der Waals surface area contributed by atoms with Gasteiger partial charge in [-0.1, -0.05) is 41.4 Å². The summed E-state index contributed by atoms with van der Waals surface area (Å²) in [5.74, 6) is -0.995. The number of halogens is 2. The van der Waals surface area contributed by atoms with Gasteiger partial charge in [0.1, 0.15) is 18.2 Å². The van der Waals surface area contributed by atoms with E-state index in [2.05, 4.69) is 5.32 Å². The van der Waals surface area contributed by atoms with Crippen LogP contribution in [0, 0.1) is 11.3 Å². The van der Waals surface area contributed by atoms with E-state index in [0.29, 0.717) is 28.6 Å². The van der Waals surface area contributed by atoms with E-state index in [-0.39, 0.29) is 28.5 Å². The second kappa shape index (κ2) is 11.9. The van der Waals surface area contributed by atoms with E-state index in [1.807, 2.05) is 6.07 Å². The number of hydrogen-bond acceptors (Lipinski definition) is 5. The molecule has 3 rings (SSSR count). The monoisotopic (exact) mass is 510 g/mol. The van der Waals surface area contributed by atoms with Gasteiger partial charge in [-0.3, -0.25) is 4.79 Å². The van der Waals surface area contributed by atoms with Gasteiger partial charge >= 0.3 is 5.97 Å². The highest BCUT2D eigenvalue weighted by Crippen LogP contribution is 2.38. The van der Waals surface area contributed by atoms with E-state index in [1.165, 1.54) is 18.2 Å². The number of hydrogen-bond donors (Lipinski definition) is 2. The Labute approximate surface area is 212 Å². The standard InChI is InChI=1S/C26H20Cl2N2O5/c1-2-34-23-12-17(10-19(14-29)25(31)30-21-5-3-4-20(27)13-21)11-22(28)24(23)35-15-16-6-8-18(9-7-16)26(32)33/h3-13H,2,15H2,1H3,(H,30,31)(H,32,33)/b19-10+. The van der Waals surface area contributed by atoms with Gasteiger partial charge in [-0.2, -0.15) is 5.26 Å². The number of carboxylic acid groups (broad SMARTS) is 1. The summed E-state index contributed by atoms with van der Waals surface area (Å²) in [4.78, 5) is 23.6. The SMILES string of the molecule is CCOc1cc(/C=C(\C#N)C(=O)Nc2cccc(Cl)c2)cc(Cl)c1OCc1ccc(C(=O)O)cc1. The lowest BCUT2D eigenvalue weighted by Crippen LogP contribution is -2.13. The van der Waals surface area contributed by atoms with Gasteiger partial charge in [0.2, 0.25) is 0 Å². The van der Waals surface area contributed by atoms with Gasteiger partial charge in [0.15, 0.2) is 11.5 Å². The number of carboxylic acids is 1. The first kappa shape index (κ1) is 25.6. The molecular weight excluding hydrogens is 491 g/mol. The fraction of sp³-hybridized carbons (Fsp3) is 0.115. The third-order valence-electron chi connectivity index (χ3n) is 4.67. The van der Waals surface area contributed by atoms with E-state index in [1.54, 1.807) is 55.5 Å². The van der Waals surface area contributed by atoms with Crippen LogP contribution in [-0.4, -0.2) is 23.6 Å². The van der Waals surface area contributed by atoms with Gasteiger partial charge in [0.05, 0.1) is 17.2 Å². The predicted octanol–water partition coefficient (Wildman–Crippen LogP) is 6.21. The summed E-state index contributed by atoms with van der Waals surface area (Å²) in [6, 6.07) is 17.9. The molecule has 1 amide bonds. The lowest BCUT2D eigenvalue weighted by Gasteiger charge is -2.15. The van der Waals surface area contributed by atoms with E-state index in [9.17, 15) is 14.9 Å². The molecule has 0 heterocycles. The lowest BCUT2D eigenvalue weighted by molar-refractivity contribution is -0.112. The highest BCUT2D eigenvalue weighted by molar-refractivity contribution is 6.32. The van der Waals surface area contributed by atoms with Crippen molar-refractivity contribution in [2.45, 2.75) is 13.5 Å². The second-order valence-electron chi connectivity index (χ2n) is 7.19. The van der Waals surface area contributed by atoms with Gasteiger partial charge in [-0.25, -0.2) is 4.79 Å². The van der Waals surface area contributed by atoms with E-state index in [0.717, 1.165) is 5.56 Å². The van der Waals surface area contributed by atoms with E-state index < -0.39 is 11.9 Å². The van der Waals surface area contributed by atoms with Crippen molar-refractivity contribution in [1.29, 1.82) is 5.26 Å². The fourth-order valence-corrected chi connectivity index (χ4v) is 3.52. The highest BCUT2D eigenvalue weighted by Gasteiger charge is 2.15. The molecule has 0 bridgehead atoms. The first-order valence-electron chi connectivity index (χ1n) is 10.4. The van der Waals surface area contributed by atoms with Gasteiger partial charge in [-0.05, 0) is 66.6 Å². The van der Waals surface area contributed by atoms with Crippen molar-refractivity contribution in [2.24, 2.45) is 0 Å². The average molecular weight is 511 g/mol. The molecule has 0 unspecified atom stereocenters. The first-order chi connectivity index (χ1) is 16.8. The Bertz CT molecular complexity index is 1310. The number of ether oxygens (including phenoxy) is 2. The molecular formula is C26H20Cl2N2O5. The number of aromatic carboxylic acids is 1. The molecule has 0 aliphatic carbocycles. The number of nitrogens with zero attached hydrogens (tertiary/aromatic N) is 1. The number of rotatable bonds is 9. The Morgan fingerprint density at radius 3 is 2.46 bits per heavy atom. The molecule has 0 aliphatic heterocycles. The van der Waals surface area contributed by atoms with Crippen LogP contribution in [0.2, 0.25) is 10.0 Å². The molecule has 2 N–H and O–H groups in total. The summed E-state index contributed by atoms with van der Waals surface area (Å²) < 4.78 is 11.5. The van der Waals surface area contributed by atoms with Crippen LogP contribution < -0.4 is 14.8 Å². The van der Waals surface area contributed by atoms with Gasteiger partial charge in [-0.15, -0.1) is 0 Å². The largest absolute Gasteiger partial charge is 0.490 e.